The Kier molecular flexibility index (Phi) is 11.3. The van der Waals surface area contributed by atoms with Gasteiger partial charge in [0, 0.05) is 18.2 Å². The summed E-state index contributed by atoms with van der Waals surface area (Å²) >= 11 is 13.5. The highest BCUT2D eigenvalue weighted by Gasteiger charge is 2.27. The fraction of sp³-hybridized carbons (Fsp3) is 0.650. The van der Waals surface area contributed by atoms with Crippen LogP contribution in [-0.4, -0.2) is 51.6 Å². The van der Waals surface area contributed by atoms with Crippen LogP contribution in [0.15, 0.2) is 23.1 Å². The molecule has 10 heteroatoms. The van der Waals surface area contributed by atoms with Crippen molar-refractivity contribution in [2.75, 3.05) is 25.2 Å². The largest absolute Gasteiger partial charge is 0.378 e. The molecule has 1 atom stereocenters. The summed E-state index contributed by atoms with van der Waals surface area (Å²) in [5.74, 6) is 0.276. The Morgan fingerprint density at radius 1 is 1.27 bits per heavy atom. The molecule has 1 aliphatic carbocycles. The van der Waals surface area contributed by atoms with Gasteiger partial charge in [-0.3, -0.25) is 4.79 Å². The summed E-state index contributed by atoms with van der Waals surface area (Å²) < 4.78 is 33.9. The van der Waals surface area contributed by atoms with E-state index in [1.807, 2.05) is 6.26 Å². The summed E-state index contributed by atoms with van der Waals surface area (Å²) in [7, 11) is -4.00. The monoisotopic (exact) mass is 496 g/mol. The molecule has 0 aromatic heterocycles. The van der Waals surface area contributed by atoms with Crippen molar-refractivity contribution in [2.45, 2.75) is 62.0 Å². The van der Waals surface area contributed by atoms with Gasteiger partial charge in [0.15, 0.2) is 0 Å². The second kappa shape index (κ2) is 13.1. The number of halogens is 2. The van der Waals surface area contributed by atoms with Crippen molar-refractivity contribution in [3.63, 3.8) is 0 Å². The summed E-state index contributed by atoms with van der Waals surface area (Å²) in [6.07, 6.45) is 9.22. The molecule has 0 radical (unpaired) electrons. The molecular formula is C20H30Cl2N2O4S2. The van der Waals surface area contributed by atoms with Crippen LogP contribution in [0, 0.1) is 0 Å². The fourth-order valence-corrected chi connectivity index (χ4v) is 5.77. The quantitative estimate of drug-likeness (QED) is 0.422. The standard InChI is InChI=1S/C20H30Cl2N2O4S2/c1-29-13-10-18(24-30(26,27)19-14-15(21)8-9-17(19)22)20(25)23-11-5-12-28-16-6-3-2-4-7-16/h8-9,14,16,18,24H,2-7,10-13H2,1H3,(H,23,25). The molecule has 0 saturated heterocycles. The average Bonchev–Trinajstić information content (AvgIpc) is 2.73. The third kappa shape index (κ3) is 8.55. The van der Waals surface area contributed by atoms with Crippen LogP contribution in [0.3, 0.4) is 0 Å². The lowest BCUT2D eigenvalue weighted by atomic mass is 9.98. The van der Waals surface area contributed by atoms with Crippen molar-refractivity contribution < 1.29 is 17.9 Å². The predicted octanol–water partition coefficient (Wildman–Crippen LogP) is 4.25. The Morgan fingerprint density at radius 2 is 2.00 bits per heavy atom. The molecule has 0 bridgehead atoms. The van der Waals surface area contributed by atoms with Gasteiger partial charge in [0.25, 0.3) is 0 Å². The number of benzene rings is 1. The van der Waals surface area contributed by atoms with Gasteiger partial charge in [0.1, 0.15) is 10.9 Å². The maximum Gasteiger partial charge on any atom is 0.242 e. The first-order chi connectivity index (χ1) is 14.3. The zero-order chi connectivity index (χ0) is 22.0. The van der Waals surface area contributed by atoms with Crippen LogP contribution in [0.4, 0.5) is 0 Å². The topological polar surface area (TPSA) is 84.5 Å². The third-order valence-electron chi connectivity index (χ3n) is 4.93. The molecule has 0 spiro atoms. The van der Waals surface area contributed by atoms with Crippen molar-refractivity contribution >= 4 is 50.9 Å². The molecule has 0 aliphatic heterocycles. The highest BCUT2D eigenvalue weighted by atomic mass is 35.5. The summed E-state index contributed by atoms with van der Waals surface area (Å²) in [4.78, 5) is 12.5. The van der Waals surface area contributed by atoms with E-state index in [4.69, 9.17) is 27.9 Å². The second-order valence-corrected chi connectivity index (χ2v) is 10.8. The SMILES string of the molecule is CSCCC(NS(=O)(=O)c1cc(Cl)ccc1Cl)C(=O)NCCCOC1CCCCC1. The van der Waals surface area contributed by atoms with Crippen molar-refractivity contribution in [3.05, 3.63) is 28.2 Å². The van der Waals surface area contributed by atoms with Crippen molar-refractivity contribution in [1.29, 1.82) is 0 Å². The zero-order valence-corrected chi connectivity index (χ0v) is 20.3. The van der Waals surface area contributed by atoms with E-state index in [2.05, 4.69) is 10.0 Å². The van der Waals surface area contributed by atoms with E-state index < -0.39 is 16.1 Å². The Labute approximate surface area is 193 Å². The van der Waals surface area contributed by atoms with Crippen molar-refractivity contribution in [3.8, 4) is 0 Å². The average molecular weight is 498 g/mol. The maximum absolute atomic E-state index is 12.8. The number of carbonyl (C=O) groups excluding carboxylic acids is 1. The summed E-state index contributed by atoms with van der Waals surface area (Å²) in [5, 5.41) is 3.12. The molecule has 2 rings (SSSR count). The molecule has 1 aliphatic rings. The number of rotatable bonds is 12. The number of hydrogen-bond acceptors (Lipinski definition) is 5. The van der Waals surface area contributed by atoms with Gasteiger partial charge >= 0.3 is 0 Å². The summed E-state index contributed by atoms with van der Waals surface area (Å²) in [6.45, 7) is 1.02. The number of carbonyl (C=O) groups is 1. The van der Waals surface area contributed by atoms with E-state index in [0.717, 1.165) is 12.8 Å². The van der Waals surface area contributed by atoms with E-state index in [1.54, 1.807) is 11.8 Å². The lowest BCUT2D eigenvalue weighted by molar-refractivity contribution is -0.122. The highest BCUT2D eigenvalue weighted by molar-refractivity contribution is 7.98. The first-order valence-corrected chi connectivity index (χ1v) is 13.8. The van der Waals surface area contributed by atoms with E-state index in [-0.39, 0.29) is 20.8 Å². The van der Waals surface area contributed by atoms with Crippen molar-refractivity contribution in [1.82, 2.24) is 10.0 Å². The van der Waals surface area contributed by atoms with Crippen molar-refractivity contribution in [2.24, 2.45) is 0 Å². The van der Waals surface area contributed by atoms with E-state index in [0.29, 0.717) is 37.9 Å². The molecule has 1 fully saturated rings. The van der Waals surface area contributed by atoms with Crippen LogP contribution in [0.25, 0.3) is 0 Å². The van der Waals surface area contributed by atoms with Crippen LogP contribution in [0.1, 0.15) is 44.9 Å². The number of hydrogen-bond donors (Lipinski definition) is 2. The van der Waals surface area contributed by atoms with Crippen LogP contribution >= 0.6 is 35.0 Å². The van der Waals surface area contributed by atoms with Gasteiger partial charge in [-0.25, -0.2) is 8.42 Å². The molecule has 0 heterocycles. The minimum absolute atomic E-state index is 0.0517. The minimum atomic E-state index is -4.00. The highest BCUT2D eigenvalue weighted by Crippen LogP contribution is 2.25. The molecule has 1 saturated carbocycles. The Morgan fingerprint density at radius 3 is 2.70 bits per heavy atom. The smallest absolute Gasteiger partial charge is 0.242 e. The van der Waals surface area contributed by atoms with Gasteiger partial charge in [-0.15, -0.1) is 0 Å². The maximum atomic E-state index is 12.8. The lowest BCUT2D eigenvalue weighted by Crippen LogP contribution is -2.47. The molecule has 1 aromatic rings. The Hall–Kier alpha value is -0.510. The molecule has 6 nitrogen and oxygen atoms in total. The normalized spacial score (nSPS) is 16.4. The van der Waals surface area contributed by atoms with Gasteiger partial charge in [-0.05, 0) is 55.9 Å². The van der Waals surface area contributed by atoms with E-state index in [9.17, 15) is 13.2 Å². The number of thioether (sulfide) groups is 1. The van der Waals surface area contributed by atoms with Crippen LogP contribution in [0.5, 0.6) is 0 Å². The fourth-order valence-electron chi connectivity index (χ4n) is 3.30. The molecule has 30 heavy (non-hydrogen) atoms. The van der Waals surface area contributed by atoms with Crippen LogP contribution in [0.2, 0.25) is 10.0 Å². The predicted molar refractivity (Wildman–Crippen MR) is 124 cm³/mol. The number of nitrogens with one attached hydrogen (secondary N) is 2. The molecule has 1 aromatic carbocycles. The molecule has 2 N–H and O–H groups in total. The Bertz CT molecular complexity index is 787. The summed E-state index contributed by atoms with van der Waals surface area (Å²) in [5.41, 5.74) is 0. The first-order valence-electron chi connectivity index (χ1n) is 10.2. The number of ether oxygens (including phenoxy) is 1. The molecule has 1 amide bonds. The third-order valence-corrected chi connectivity index (χ3v) is 7.77. The van der Waals surface area contributed by atoms with Gasteiger partial charge in [0.05, 0.1) is 11.1 Å². The number of amides is 1. The Balaban J connectivity index is 1.88. The van der Waals surface area contributed by atoms with E-state index >= 15 is 0 Å². The molecular weight excluding hydrogens is 467 g/mol. The molecule has 170 valence electrons. The first kappa shape index (κ1) is 25.7. The van der Waals surface area contributed by atoms with Crippen LogP contribution < -0.4 is 10.0 Å². The van der Waals surface area contributed by atoms with Gasteiger partial charge in [0.2, 0.25) is 15.9 Å². The van der Waals surface area contributed by atoms with Gasteiger partial charge in [-0.1, -0.05) is 42.5 Å². The number of sulfonamides is 1. The second-order valence-electron chi connectivity index (χ2n) is 7.31. The zero-order valence-electron chi connectivity index (χ0n) is 17.2. The lowest BCUT2D eigenvalue weighted by Gasteiger charge is -2.22. The van der Waals surface area contributed by atoms with Gasteiger partial charge < -0.3 is 10.1 Å². The van der Waals surface area contributed by atoms with Gasteiger partial charge in [-0.2, -0.15) is 16.5 Å². The summed E-state index contributed by atoms with van der Waals surface area (Å²) in [6, 6.07) is 3.31. The van der Waals surface area contributed by atoms with Crippen LogP contribution in [-0.2, 0) is 19.6 Å². The minimum Gasteiger partial charge on any atom is -0.378 e. The molecule has 1 unspecified atom stereocenters. The van der Waals surface area contributed by atoms with E-state index in [1.165, 1.54) is 37.5 Å².